The van der Waals surface area contributed by atoms with Gasteiger partial charge in [-0.05, 0) is 49.2 Å². The Morgan fingerprint density at radius 3 is 2.59 bits per heavy atom. The molecule has 5 nitrogen and oxygen atoms in total. The minimum atomic E-state index is -0.251. The van der Waals surface area contributed by atoms with Crippen LogP contribution in [0, 0.1) is 11.7 Å². The highest BCUT2D eigenvalue weighted by molar-refractivity contribution is 7.22. The van der Waals surface area contributed by atoms with Gasteiger partial charge in [0.25, 0.3) is 0 Å². The maximum absolute atomic E-state index is 13.5. The van der Waals surface area contributed by atoms with Crippen molar-refractivity contribution in [2.45, 2.75) is 12.8 Å². The molecule has 0 radical (unpaired) electrons. The van der Waals surface area contributed by atoms with Gasteiger partial charge in [0.2, 0.25) is 5.91 Å². The second kappa shape index (κ2) is 9.04. The van der Waals surface area contributed by atoms with E-state index in [1.165, 1.54) is 23.5 Å². The fourth-order valence-corrected chi connectivity index (χ4v) is 5.82. The number of amides is 1. The maximum Gasteiger partial charge on any atom is 0.227 e. The van der Waals surface area contributed by atoms with Crippen molar-refractivity contribution >= 4 is 61.5 Å². The van der Waals surface area contributed by atoms with Crippen LogP contribution in [0.15, 0.2) is 36.4 Å². The molecule has 3 aromatic rings. The zero-order chi connectivity index (χ0) is 22.2. The first-order valence-electron chi connectivity index (χ1n) is 10.8. The van der Waals surface area contributed by atoms with Gasteiger partial charge in [0, 0.05) is 45.0 Å². The van der Waals surface area contributed by atoms with E-state index < -0.39 is 0 Å². The Morgan fingerprint density at radius 2 is 1.81 bits per heavy atom. The highest BCUT2D eigenvalue weighted by Gasteiger charge is 2.32. The van der Waals surface area contributed by atoms with Crippen LogP contribution in [0.2, 0.25) is 10.0 Å². The van der Waals surface area contributed by atoms with E-state index in [0.29, 0.717) is 29.7 Å². The summed E-state index contributed by atoms with van der Waals surface area (Å²) in [6.45, 7) is 4.45. The normalized spacial score (nSPS) is 19.6. The summed E-state index contributed by atoms with van der Waals surface area (Å²) >= 11 is 13.7. The van der Waals surface area contributed by atoms with Crippen molar-refractivity contribution in [1.29, 1.82) is 0 Å². The molecule has 2 aliphatic rings. The highest BCUT2D eigenvalue weighted by atomic mass is 35.5. The first-order chi connectivity index (χ1) is 15.5. The van der Waals surface area contributed by atoms with Crippen molar-refractivity contribution < 1.29 is 9.18 Å². The summed E-state index contributed by atoms with van der Waals surface area (Å²) in [5, 5.41) is 1.96. The van der Waals surface area contributed by atoms with Crippen LogP contribution in [-0.2, 0) is 4.79 Å². The Morgan fingerprint density at radius 1 is 1.00 bits per heavy atom. The topological polar surface area (TPSA) is 39.7 Å². The number of hydrogen-bond acceptors (Lipinski definition) is 5. The Labute approximate surface area is 200 Å². The minimum absolute atomic E-state index is 0.0379. The Hall–Kier alpha value is -2.09. The second-order valence-corrected chi connectivity index (χ2v) is 10.1. The van der Waals surface area contributed by atoms with Gasteiger partial charge in [0.05, 0.1) is 26.2 Å². The average molecular weight is 493 g/mol. The van der Waals surface area contributed by atoms with Gasteiger partial charge in [0.1, 0.15) is 5.82 Å². The molecule has 5 rings (SSSR count). The number of carbonyl (C=O) groups is 1. The van der Waals surface area contributed by atoms with Crippen LogP contribution in [-0.4, -0.2) is 55.1 Å². The van der Waals surface area contributed by atoms with E-state index in [1.807, 2.05) is 23.1 Å². The minimum Gasteiger partial charge on any atom is -0.368 e. The number of anilines is 2. The number of fused-ring (bicyclic) bond motifs is 1. The second-order valence-electron chi connectivity index (χ2n) is 8.30. The smallest absolute Gasteiger partial charge is 0.227 e. The third-order valence-electron chi connectivity index (χ3n) is 6.24. The number of carbonyl (C=O) groups excluding carboxylic acids is 1. The van der Waals surface area contributed by atoms with E-state index in [9.17, 15) is 9.18 Å². The molecule has 2 fully saturated rings. The van der Waals surface area contributed by atoms with E-state index in [1.54, 1.807) is 6.07 Å². The summed E-state index contributed by atoms with van der Waals surface area (Å²) in [6, 6.07) is 10.3. The Kier molecular flexibility index (Phi) is 6.14. The van der Waals surface area contributed by atoms with Gasteiger partial charge in [-0.3, -0.25) is 4.79 Å². The molecule has 2 aliphatic heterocycles. The van der Waals surface area contributed by atoms with Crippen molar-refractivity contribution in [3.05, 3.63) is 52.3 Å². The zero-order valence-electron chi connectivity index (χ0n) is 17.4. The molecule has 2 aromatic carbocycles. The summed E-state index contributed by atoms with van der Waals surface area (Å²) in [5.41, 5.74) is 1.83. The lowest BCUT2D eigenvalue weighted by molar-refractivity contribution is -0.136. The molecule has 32 heavy (non-hydrogen) atoms. The van der Waals surface area contributed by atoms with Crippen molar-refractivity contribution in [1.82, 2.24) is 9.88 Å². The number of rotatable bonds is 3. The number of benzene rings is 2. The van der Waals surface area contributed by atoms with Crippen LogP contribution < -0.4 is 9.80 Å². The Bertz CT molecular complexity index is 1150. The molecule has 0 N–H and O–H groups in total. The number of thiazole rings is 1. The van der Waals surface area contributed by atoms with Gasteiger partial charge in [-0.1, -0.05) is 34.5 Å². The number of piperazine rings is 1. The molecule has 0 aliphatic carbocycles. The number of aromatic nitrogens is 1. The van der Waals surface area contributed by atoms with Crippen molar-refractivity contribution in [3.63, 3.8) is 0 Å². The van der Waals surface area contributed by atoms with Gasteiger partial charge in [0.15, 0.2) is 5.13 Å². The molecule has 1 aromatic heterocycles. The standard InChI is InChI=1S/C23H23Cl2FN4OS/c24-18-5-4-17(13-19(18)25)28-8-10-29(11-9-28)22(31)15-2-1-7-30(14-15)23-27-20-6-3-16(26)12-21(20)32-23/h3-6,12-13,15H,1-2,7-11,14H2. The van der Waals surface area contributed by atoms with Gasteiger partial charge in [-0.2, -0.15) is 0 Å². The van der Waals surface area contributed by atoms with Crippen LogP contribution >= 0.6 is 34.5 Å². The zero-order valence-corrected chi connectivity index (χ0v) is 19.8. The molecule has 3 heterocycles. The molecule has 2 saturated heterocycles. The van der Waals surface area contributed by atoms with Crippen molar-refractivity contribution in [2.24, 2.45) is 5.92 Å². The van der Waals surface area contributed by atoms with Gasteiger partial charge in [-0.15, -0.1) is 0 Å². The van der Waals surface area contributed by atoms with Gasteiger partial charge in [-0.25, -0.2) is 9.37 Å². The molecular weight excluding hydrogens is 470 g/mol. The Balaban J connectivity index is 1.22. The van der Waals surface area contributed by atoms with Crippen LogP contribution in [0.3, 0.4) is 0 Å². The van der Waals surface area contributed by atoms with E-state index in [4.69, 9.17) is 23.2 Å². The lowest BCUT2D eigenvalue weighted by Crippen LogP contribution is -2.52. The molecule has 9 heteroatoms. The summed E-state index contributed by atoms with van der Waals surface area (Å²) in [7, 11) is 0. The van der Waals surface area contributed by atoms with E-state index in [-0.39, 0.29) is 17.6 Å². The summed E-state index contributed by atoms with van der Waals surface area (Å²) in [6.07, 6.45) is 1.84. The maximum atomic E-state index is 13.5. The fraction of sp³-hybridized carbons (Fsp3) is 0.391. The number of piperidine rings is 1. The van der Waals surface area contributed by atoms with Crippen LogP contribution in [0.1, 0.15) is 12.8 Å². The highest BCUT2D eigenvalue weighted by Crippen LogP contribution is 2.33. The third kappa shape index (κ3) is 4.38. The largest absolute Gasteiger partial charge is 0.368 e. The van der Waals surface area contributed by atoms with Crippen LogP contribution in [0.4, 0.5) is 15.2 Å². The first kappa shape index (κ1) is 21.7. The van der Waals surface area contributed by atoms with Gasteiger partial charge >= 0.3 is 0 Å². The lowest BCUT2D eigenvalue weighted by atomic mass is 9.96. The fourth-order valence-electron chi connectivity index (χ4n) is 4.50. The quantitative estimate of drug-likeness (QED) is 0.496. The molecule has 0 spiro atoms. The summed E-state index contributed by atoms with van der Waals surface area (Å²) in [5.74, 6) is -0.0703. The van der Waals surface area contributed by atoms with Crippen molar-refractivity contribution in [3.8, 4) is 0 Å². The molecule has 1 unspecified atom stereocenters. The molecule has 1 amide bonds. The lowest BCUT2D eigenvalue weighted by Gasteiger charge is -2.39. The molecule has 0 bridgehead atoms. The third-order valence-corrected chi connectivity index (χ3v) is 8.06. The first-order valence-corrected chi connectivity index (χ1v) is 12.3. The SMILES string of the molecule is O=C(C1CCCN(c2nc3ccc(F)cc3s2)C1)N1CCN(c2ccc(Cl)c(Cl)c2)CC1. The molecule has 168 valence electrons. The summed E-state index contributed by atoms with van der Waals surface area (Å²) < 4.78 is 14.4. The molecule has 1 atom stereocenters. The summed E-state index contributed by atoms with van der Waals surface area (Å²) in [4.78, 5) is 24.3. The van der Waals surface area contributed by atoms with Crippen LogP contribution in [0.5, 0.6) is 0 Å². The number of halogens is 3. The van der Waals surface area contributed by atoms with E-state index in [0.717, 1.165) is 53.5 Å². The van der Waals surface area contributed by atoms with Gasteiger partial charge < -0.3 is 14.7 Å². The number of nitrogens with zero attached hydrogens (tertiary/aromatic N) is 4. The molecular formula is C23H23Cl2FN4OS. The van der Waals surface area contributed by atoms with Crippen LogP contribution in [0.25, 0.3) is 10.2 Å². The number of hydrogen-bond donors (Lipinski definition) is 0. The molecule has 0 saturated carbocycles. The van der Waals surface area contributed by atoms with E-state index >= 15 is 0 Å². The average Bonchev–Trinajstić information content (AvgIpc) is 3.24. The predicted molar refractivity (Wildman–Crippen MR) is 130 cm³/mol. The van der Waals surface area contributed by atoms with E-state index in [2.05, 4.69) is 14.8 Å². The van der Waals surface area contributed by atoms with Crippen molar-refractivity contribution in [2.75, 3.05) is 49.1 Å². The predicted octanol–water partition coefficient (Wildman–Crippen LogP) is 5.31. The monoisotopic (exact) mass is 492 g/mol.